The minimum atomic E-state index is -0.998. The first kappa shape index (κ1) is 48.8. The molecule has 0 amide bonds. The zero-order valence-electron chi connectivity index (χ0n) is 33.4. The zero-order chi connectivity index (χ0) is 37.5. The van der Waals surface area contributed by atoms with Crippen molar-refractivity contribution in [3.05, 3.63) is 48.6 Å². The molecule has 0 unspecified atom stereocenters. The summed E-state index contributed by atoms with van der Waals surface area (Å²) in [7, 11) is 0. The van der Waals surface area contributed by atoms with Crippen molar-refractivity contribution in [1.29, 1.82) is 0 Å². The molecule has 0 saturated heterocycles. The first-order valence-corrected chi connectivity index (χ1v) is 21.2. The topological polar surface area (TPSA) is 93.1 Å². The molecule has 0 aliphatic heterocycles. The van der Waals surface area contributed by atoms with Crippen LogP contribution in [-0.2, 0) is 19.1 Å². The van der Waals surface area contributed by atoms with Gasteiger partial charge >= 0.3 is 11.9 Å². The maximum absolute atomic E-state index is 12.0. The lowest BCUT2D eigenvalue weighted by molar-refractivity contribution is -0.152. The van der Waals surface area contributed by atoms with E-state index in [9.17, 15) is 19.8 Å². The number of ether oxygens (including phenoxy) is 2. The molecule has 296 valence electrons. The number of aliphatic hydroxyl groups excluding tert-OH is 2. The van der Waals surface area contributed by atoms with Gasteiger partial charge in [0, 0.05) is 12.8 Å². The Morgan fingerprint density at radius 3 is 1.51 bits per heavy atom. The lowest BCUT2D eigenvalue weighted by Gasteiger charge is -2.12. The third-order valence-corrected chi connectivity index (χ3v) is 9.10. The number of carbonyl (C=O) groups excluding carboxylic acids is 2. The van der Waals surface area contributed by atoms with Gasteiger partial charge in [-0.15, -0.1) is 0 Å². The van der Waals surface area contributed by atoms with Crippen molar-refractivity contribution in [2.75, 3.05) is 13.2 Å². The molecule has 0 bridgehead atoms. The molecule has 0 saturated carbocycles. The lowest BCUT2D eigenvalue weighted by Crippen LogP contribution is -2.25. The summed E-state index contributed by atoms with van der Waals surface area (Å²) in [6, 6.07) is 0. The fourth-order valence-electron chi connectivity index (χ4n) is 5.84. The van der Waals surface area contributed by atoms with Gasteiger partial charge in [0.2, 0.25) is 0 Å². The summed E-state index contributed by atoms with van der Waals surface area (Å²) in [5.74, 6) is 0.203. The highest BCUT2D eigenvalue weighted by Gasteiger charge is 2.12. The van der Waals surface area contributed by atoms with Crippen molar-refractivity contribution in [1.82, 2.24) is 0 Å². The van der Waals surface area contributed by atoms with E-state index in [2.05, 4.69) is 51.2 Å². The Hall–Kier alpha value is -2.18. The summed E-state index contributed by atoms with van der Waals surface area (Å²) >= 11 is 0. The molecule has 0 radical (unpaired) electrons. The number of rotatable bonds is 37. The van der Waals surface area contributed by atoms with Gasteiger partial charge in [0.15, 0.2) is 0 Å². The summed E-state index contributed by atoms with van der Waals surface area (Å²) in [6.07, 6.45) is 45.0. The zero-order valence-corrected chi connectivity index (χ0v) is 33.4. The Kier molecular flexibility index (Phi) is 37.4. The molecule has 0 aliphatic carbocycles. The monoisotopic (exact) mass is 717 g/mol. The van der Waals surface area contributed by atoms with Crippen LogP contribution in [0.15, 0.2) is 48.6 Å². The minimum Gasteiger partial charge on any atom is -0.463 e. The smallest absolute Gasteiger partial charge is 0.305 e. The fourth-order valence-corrected chi connectivity index (χ4v) is 5.84. The maximum Gasteiger partial charge on any atom is 0.305 e. The standard InChI is InChI=1S/C45H80O6/c1-4-5-29-35-42(46)36-31-26-22-18-14-12-16-20-24-28-33-38-45(49)51-40-43(47)39-50-44(48)37-32-27-23-19-15-11-9-7-6-8-10-13-17-21-25-30-34-41(2)3/h12,14,20,22,24,26,31,36,41-43,46-47H,4-11,13,15-19,21,23,25,27-30,32-35,37-40H2,1-3H3/b14-12-,24-20-,26-22-,36-31+/t42-,43+/m1/s1. The second kappa shape index (κ2) is 39.0. The molecule has 6 nitrogen and oxygen atoms in total. The summed E-state index contributed by atoms with van der Waals surface area (Å²) in [5.41, 5.74) is 0. The van der Waals surface area contributed by atoms with Crippen molar-refractivity contribution in [2.24, 2.45) is 5.92 Å². The average molecular weight is 717 g/mol. The minimum absolute atomic E-state index is 0.143. The highest BCUT2D eigenvalue weighted by molar-refractivity contribution is 5.69. The van der Waals surface area contributed by atoms with Crippen LogP contribution in [0, 0.1) is 5.92 Å². The molecular weight excluding hydrogens is 636 g/mol. The molecule has 2 atom stereocenters. The average Bonchev–Trinajstić information content (AvgIpc) is 3.11. The van der Waals surface area contributed by atoms with Gasteiger partial charge in [-0.1, -0.05) is 191 Å². The number of aliphatic hydroxyl groups is 2. The molecule has 0 rings (SSSR count). The predicted molar refractivity (Wildman–Crippen MR) is 216 cm³/mol. The third-order valence-electron chi connectivity index (χ3n) is 9.10. The molecule has 2 N–H and O–H groups in total. The molecule has 0 aromatic rings. The predicted octanol–water partition coefficient (Wildman–Crippen LogP) is 12.2. The number of carbonyl (C=O) groups is 2. The van der Waals surface area contributed by atoms with Gasteiger partial charge in [-0.25, -0.2) is 0 Å². The summed E-state index contributed by atoms with van der Waals surface area (Å²) in [5, 5.41) is 19.9. The summed E-state index contributed by atoms with van der Waals surface area (Å²) in [4.78, 5) is 24.0. The molecule has 0 aromatic heterocycles. The quantitative estimate of drug-likeness (QED) is 0.0288. The van der Waals surface area contributed by atoms with Crippen molar-refractivity contribution in [3.63, 3.8) is 0 Å². The van der Waals surface area contributed by atoms with Crippen LogP contribution in [0.2, 0.25) is 0 Å². The molecule has 6 heteroatoms. The van der Waals surface area contributed by atoms with Gasteiger partial charge in [0.25, 0.3) is 0 Å². The molecular formula is C45H80O6. The Labute approximate surface area is 314 Å². The normalized spacial score (nSPS) is 13.4. The van der Waals surface area contributed by atoms with Crippen molar-refractivity contribution in [3.8, 4) is 0 Å². The van der Waals surface area contributed by atoms with Gasteiger partial charge in [-0.2, -0.15) is 0 Å². The van der Waals surface area contributed by atoms with Crippen LogP contribution in [0.5, 0.6) is 0 Å². The summed E-state index contributed by atoms with van der Waals surface area (Å²) < 4.78 is 10.3. The van der Waals surface area contributed by atoms with E-state index in [0.29, 0.717) is 12.8 Å². The number of esters is 2. The van der Waals surface area contributed by atoms with E-state index < -0.39 is 6.10 Å². The Bertz CT molecular complexity index is 889. The second-order valence-corrected chi connectivity index (χ2v) is 14.8. The van der Waals surface area contributed by atoms with Crippen molar-refractivity contribution >= 4 is 11.9 Å². The molecule has 0 aromatic carbocycles. The van der Waals surface area contributed by atoms with Crippen molar-refractivity contribution < 1.29 is 29.3 Å². The Morgan fingerprint density at radius 2 is 0.980 bits per heavy atom. The number of hydrogen-bond acceptors (Lipinski definition) is 6. The van der Waals surface area contributed by atoms with E-state index in [4.69, 9.17) is 9.47 Å². The first-order chi connectivity index (χ1) is 24.8. The van der Waals surface area contributed by atoms with Crippen LogP contribution in [0.3, 0.4) is 0 Å². The van der Waals surface area contributed by atoms with E-state index in [1.165, 1.54) is 96.3 Å². The highest BCUT2D eigenvalue weighted by Crippen LogP contribution is 2.15. The van der Waals surface area contributed by atoms with E-state index >= 15 is 0 Å². The largest absolute Gasteiger partial charge is 0.463 e. The molecule has 0 spiro atoms. The van der Waals surface area contributed by atoms with E-state index in [1.807, 2.05) is 18.2 Å². The van der Waals surface area contributed by atoms with Gasteiger partial charge in [-0.3, -0.25) is 9.59 Å². The van der Waals surface area contributed by atoms with Crippen molar-refractivity contribution in [2.45, 2.75) is 206 Å². The molecule has 51 heavy (non-hydrogen) atoms. The Balaban J connectivity index is 3.54. The third kappa shape index (κ3) is 40.4. The maximum atomic E-state index is 12.0. The highest BCUT2D eigenvalue weighted by atomic mass is 16.6. The first-order valence-electron chi connectivity index (χ1n) is 21.2. The van der Waals surface area contributed by atoms with E-state index in [1.54, 1.807) is 0 Å². The molecule has 0 aliphatic rings. The van der Waals surface area contributed by atoms with Gasteiger partial charge < -0.3 is 19.7 Å². The van der Waals surface area contributed by atoms with Crippen LogP contribution >= 0.6 is 0 Å². The van der Waals surface area contributed by atoms with Crippen LogP contribution in [0.4, 0.5) is 0 Å². The molecule has 0 fully saturated rings. The van der Waals surface area contributed by atoms with Gasteiger partial charge in [0.05, 0.1) is 6.10 Å². The van der Waals surface area contributed by atoms with Crippen LogP contribution in [0.1, 0.15) is 194 Å². The van der Waals surface area contributed by atoms with Gasteiger partial charge in [0.1, 0.15) is 19.3 Å². The molecule has 0 heterocycles. The lowest BCUT2D eigenvalue weighted by atomic mass is 10.0. The summed E-state index contributed by atoms with van der Waals surface area (Å²) in [6.45, 7) is 6.50. The SMILES string of the molecule is CCCCC[C@@H](O)/C=C/C=C\C/C=C\C/C=C\CCCC(=O)OC[C@@H](O)COC(=O)CCCCCCCCCCCCCCCCCCC(C)C. The second-order valence-electron chi connectivity index (χ2n) is 14.8. The number of hydrogen-bond donors (Lipinski definition) is 2. The Morgan fingerprint density at radius 1 is 0.529 bits per heavy atom. The van der Waals surface area contributed by atoms with Crippen LogP contribution < -0.4 is 0 Å². The van der Waals surface area contributed by atoms with Crippen LogP contribution in [0.25, 0.3) is 0 Å². The fraction of sp³-hybridized carbons (Fsp3) is 0.778. The van der Waals surface area contributed by atoms with E-state index in [0.717, 1.165) is 63.7 Å². The number of unbranched alkanes of at least 4 members (excludes halogenated alkanes) is 18. The van der Waals surface area contributed by atoms with E-state index in [-0.39, 0.29) is 37.7 Å². The number of allylic oxidation sites excluding steroid dienone is 7. The van der Waals surface area contributed by atoms with Crippen LogP contribution in [-0.4, -0.2) is 47.6 Å². The van der Waals surface area contributed by atoms with Gasteiger partial charge in [-0.05, 0) is 44.4 Å².